The van der Waals surface area contributed by atoms with E-state index in [1.54, 1.807) is 0 Å². The highest BCUT2D eigenvalue weighted by Gasteiger charge is 2.35. The lowest BCUT2D eigenvalue weighted by molar-refractivity contribution is 0.430. The molecule has 1 saturated carbocycles. The first-order chi connectivity index (χ1) is 10.8. The Kier molecular flexibility index (Phi) is 2.40. The summed E-state index contributed by atoms with van der Waals surface area (Å²) in [6, 6.07) is 12.5. The topological polar surface area (TPSA) is 22.1 Å². The Balaban J connectivity index is 1.57. The first-order valence-corrected chi connectivity index (χ1v) is 7.98. The van der Waals surface area contributed by atoms with Crippen molar-refractivity contribution in [3.63, 3.8) is 0 Å². The first-order valence-electron chi connectivity index (χ1n) is 7.98. The average Bonchev–Trinajstić information content (AvgIpc) is 3.33. The summed E-state index contributed by atoms with van der Waals surface area (Å²) in [4.78, 5) is 4.80. The number of fused-ring (bicyclic) bond motifs is 3. The van der Waals surface area contributed by atoms with Crippen molar-refractivity contribution in [2.24, 2.45) is 11.8 Å². The van der Waals surface area contributed by atoms with E-state index in [9.17, 15) is 0 Å². The molecule has 1 fully saturated rings. The monoisotopic (exact) mass is 287 g/mol. The predicted octanol–water partition coefficient (Wildman–Crippen LogP) is 4.93. The highest BCUT2D eigenvalue weighted by atomic mass is 16.5. The first kappa shape index (κ1) is 12.2. The molecule has 2 heteroatoms. The highest BCUT2D eigenvalue weighted by Crippen LogP contribution is 2.47. The Morgan fingerprint density at radius 2 is 1.95 bits per heavy atom. The second kappa shape index (κ2) is 4.33. The van der Waals surface area contributed by atoms with Gasteiger partial charge in [-0.1, -0.05) is 49.4 Å². The number of para-hydroxylation sites is 1. The summed E-state index contributed by atoms with van der Waals surface area (Å²) in [7, 11) is 0. The van der Waals surface area contributed by atoms with E-state index in [-0.39, 0.29) is 0 Å². The van der Waals surface area contributed by atoms with Crippen molar-refractivity contribution in [1.82, 2.24) is 4.98 Å². The van der Waals surface area contributed by atoms with Crippen molar-refractivity contribution < 1.29 is 4.74 Å². The molecule has 2 aromatic rings. The van der Waals surface area contributed by atoms with Crippen LogP contribution in [0.2, 0.25) is 0 Å². The molecule has 0 spiro atoms. The molecule has 5 rings (SSSR count). The van der Waals surface area contributed by atoms with E-state index >= 15 is 0 Å². The zero-order valence-corrected chi connectivity index (χ0v) is 12.5. The molecule has 0 N–H and O–H groups in total. The number of allylic oxidation sites excluding steroid dienone is 4. The summed E-state index contributed by atoms with van der Waals surface area (Å²) in [5, 5.41) is 0. The van der Waals surface area contributed by atoms with Crippen LogP contribution in [0.4, 0.5) is 0 Å². The minimum Gasteiger partial charge on any atom is -0.438 e. The zero-order valence-electron chi connectivity index (χ0n) is 12.5. The molecule has 0 radical (unpaired) electrons. The maximum Gasteiger partial charge on any atom is 0.223 e. The Labute approximate surface area is 130 Å². The van der Waals surface area contributed by atoms with Crippen LogP contribution in [-0.2, 0) is 0 Å². The van der Waals surface area contributed by atoms with Crippen LogP contribution in [0.3, 0.4) is 0 Å². The minimum atomic E-state index is 0.324. The van der Waals surface area contributed by atoms with E-state index in [2.05, 4.69) is 49.4 Å². The summed E-state index contributed by atoms with van der Waals surface area (Å²) in [5.41, 5.74) is 4.66. The van der Waals surface area contributed by atoms with Gasteiger partial charge < -0.3 is 4.74 Å². The molecule has 0 bridgehead atoms. The number of nitrogens with zero attached hydrogens (tertiary/aromatic N) is 1. The van der Waals surface area contributed by atoms with E-state index in [4.69, 9.17) is 9.72 Å². The number of pyridine rings is 1. The quantitative estimate of drug-likeness (QED) is 0.742. The van der Waals surface area contributed by atoms with Crippen LogP contribution in [-0.4, -0.2) is 4.98 Å². The molecule has 2 nitrogen and oxygen atoms in total. The fourth-order valence-corrected chi connectivity index (χ4v) is 3.56. The summed E-state index contributed by atoms with van der Waals surface area (Å²) in [6.07, 6.45) is 8.19. The van der Waals surface area contributed by atoms with Crippen LogP contribution >= 0.6 is 0 Å². The molecule has 1 aliphatic heterocycles. The molecule has 0 saturated heterocycles. The summed E-state index contributed by atoms with van der Waals surface area (Å²) >= 11 is 0. The number of rotatable bonds is 1. The molecule has 1 aromatic heterocycles. The molecular formula is C20H17NO. The number of aromatic nitrogens is 1. The second-order valence-corrected chi connectivity index (χ2v) is 6.50. The zero-order chi connectivity index (χ0) is 14.7. The Morgan fingerprint density at radius 3 is 2.86 bits per heavy atom. The number of hydrogen-bond donors (Lipinski definition) is 0. The third kappa shape index (κ3) is 1.77. The van der Waals surface area contributed by atoms with Crippen LogP contribution in [0.1, 0.15) is 36.1 Å². The Bertz CT molecular complexity index is 833. The van der Waals surface area contributed by atoms with Crippen molar-refractivity contribution in [3.8, 4) is 11.6 Å². The fraction of sp³-hybridized carbons (Fsp3) is 0.250. The van der Waals surface area contributed by atoms with Gasteiger partial charge in [-0.2, -0.15) is 0 Å². The van der Waals surface area contributed by atoms with Crippen molar-refractivity contribution in [2.75, 3.05) is 0 Å². The van der Waals surface area contributed by atoms with Crippen molar-refractivity contribution in [3.05, 3.63) is 71.4 Å². The molecule has 3 atom stereocenters. The summed E-state index contributed by atoms with van der Waals surface area (Å²) in [6.45, 7) is 2.22. The maximum atomic E-state index is 6.05. The average molecular weight is 287 g/mol. The number of hydrogen-bond acceptors (Lipinski definition) is 2. The van der Waals surface area contributed by atoms with Crippen LogP contribution < -0.4 is 4.74 Å². The minimum absolute atomic E-state index is 0.324. The van der Waals surface area contributed by atoms with Gasteiger partial charge in [-0.15, -0.1) is 0 Å². The predicted molar refractivity (Wildman–Crippen MR) is 87.0 cm³/mol. The molecule has 2 heterocycles. The third-order valence-corrected chi connectivity index (χ3v) is 5.05. The van der Waals surface area contributed by atoms with Crippen LogP contribution in [0.25, 0.3) is 5.57 Å². The van der Waals surface area contributed by atoms with Gasteiger partial charge in [0.05, 0.1) is 5.69 Å². The molecule has 1 aromatic carbocycles. The lowest BCUT2D eigenvalue weighted by Crippen LogP contribution is -2.09. The van der Waals surface area contributed by atoms with Gasteiger partial charge in [0.25, 0.3) is 0 Å². The fourth-order valence-electron chi connectivity index (χ4n) is 3.56. The molecule has 22 heavy (non-hydrogen) atoms. The number of benzene rings is 1. The lowest BCUT2D eigenvalue weighted by atomic mass is 9.90. The van der Waals surface area contributed by atoms with E-state index in [0.717, 1.165) is 29.2 Å². The third-order valence-electron chi connectivity index (χ3n) is 5.05. The largest absolute Gasteiger partial charge is 0.438 e. The van der Waals surface area contributed by atoms with Crippen molar-refractivity contribution in [1.29, 1.82) is 0 Å². The lowest BCUT2D eigenvalue weighted by Gasteiger charge is -2.25. The van der Waals surface area contributed by atoms with Crippen molar-refractivity contribution >= 4 is 5.57 Å². The van der Waals surface area contributed by atoms with E-state index < -0.39 is 0 Å². The van der Waals surface area contributed by atoms with E-state index in [1.807, 2.05) is 12.1 Å². The van der Waals surface area contributed by atoms with Gasteiger partial charge in [0.2, 0.25) is 5.88 Å². The van der Waals surface area contributed by atoms with Gasteiger partial charge in [0, 0.05) is 17.0 Å². The number of ether oxygens (including phenoxy) is 1. The Morgan fingerprint density at radius 1 is 1.05 bits per heavy atom. The van der Waals surface area contributed by atoms with Gasteiger partial charge in [0.15, 0.2) is 0 Å². The van der Waals surface area contributed by atoms with Gasteiger partial charge >= 0.3 is 0 Å². The summed E-state index contributed by atoms with van der Waals surface area (Å²) < 4.78 is 6.05. The Hall–Kier alpha value is -2.35. The second-order valence-electron chi connectivity index (χ2n) is 6.50. The molecular weight excluding hydrogens is 270 g/mol. The molecule has 108 valence electrons. The van der Waals surface area contributed by atoms with Crippen LogP contribution in [0, 0.1) is 11.8 Å². The van der Waals surface area contributed by atoms with Gasteiger partial charge in [-0.25, -0.2) is 4.98 Å². The van der Waals surface area contributed by atoms with Crippen LogP contribution in [0.5, 0.6) is 11.6 Å². The van der Waals surface area contributed by atoms with Gasteiger partial charge in [-0.3, -0.25) is 0 Å². The molecule has 3 aliphatic rings. The maximum absolute atomic E-state index is 6.05. The molecule has 0 amide bonds. The molecule has 3 unspecified atom stereocenters. The standard InChI is InChI=1S/C20H17NO/c1-12-16-4-2-3-5-19(16)22-20-17(12)8-9-18(21-20)14-7-6-13-10-15(13)11-14/h2-9,11-13,15H,10H2,1H3. The smallest absolute Gasteiger partial charge is 0.223 e. The normalized spacial score (nSPS) is 27.1. The SMILES string of the molecule is CC1c2ccccc2Oc2nc(C3=CC4CC4C=C3)ccc21. The van der Waals surface area contributed by atoms with E-state index in [1.165, 1.54) is 23.1 Å². The van der Waals surface area contributed by atoms with Gasteiger partial charge in [-0.05, 0) is 36.0 Å². The van der Waals surface area contributed by atoms with Crippen molar-refractivity contribution in [2.45, 2.75) is 19.3 Å². The van der Waals surface area contributed by atoms with Gasteiger partial charge in [0.1, 0.15) is 5.75 Å². The summed E-state index contributed by atoms with van der Waals surface area (Å²) in [5.74, 6) is 3.53. The van der Waals surface area contributed by atoms with E-state index in [0.29, 0.717) is 5.92 Å². The van der Waals surface area contributed by atoms with Crippen LogP contribution in [0.15, 0.2) is 54.6 Å². The highest BCUT2D eigenvalue weighted by molar-refractivity contribution is 5.74. The molecule has 2 aliphatic carbocycles.